The fraction of sp³-hybridized carbons (Fsp3) is 0.462. The minimum absolute atomic E-state index is 0.211. The minimum Gasteiger partial charge on any atom is -0.456 e. The second kappa shape index (κ2) is 5.36. The van der Waals surface area contributed by atoms with E-state index in [0.29, 0.717) is 0 Å². The third-order valence-electron chi connectivity index (χ3n) is 2.01. The van der Waals surface area contributed by atoms with E-state index in [0.717, 1.165) is 0 Å². The molecule has 0 saturated heterocycles. The average Bonchev–Trinajstić information content (AvgIpc) is 2.27. The van der Waals surface area contributed by atoms with Crippen molar-refractivity contribution in [3.63, 3.8) is 0 Å². The monoisotopic (exact) mass is 266 g/mol. The van der Waals surface area contributed by atoms with Gasteiger partial charge in [0.2, 0.25) is 0 Å². The number of hydrogen-bond donors (Lipinski definition) is 1. The van der Waals surface area contributed by atoms with Crippen LogP contribution in [0.2, 0.25) is 0 Å². The van der Waals surface area contributed by atoms with E-state index >= 15 is 0 Å². The molecule has 1 aromatic rings. The smallest absolute Gasteiger partial charge is 0.366 e. The minimum atomic E-state index is -1.85. The van der Waals surface area contributed by atoms with Crippen molar-refractivity contribution in [3.8, 4) is 0 Å². The lowest BCUT2D eigenvalue weighted by Gasteiger charge is -2.27. The molecule has 104 valence electrons. The zero-order valence-electron chi connectivity index (χ0n) is 11.5. The molecule has 6 nitrogen and oxygen atoms in total. The molecule has 0 aliphatic heterocycles. The summed E-state index contributed by atoms with van der Waals surface area (Å²) in [5.41, 5.74) is 3.32. The highest BCUT2D eigenvalue weighted by atomic mass is 16.6. The molecular weight excluding hydrogens is 248 g/mol. The van der Waals surface area contributed by atoms with Crippen LogP contribution in [0.1, 0.15) is 38.1 Å². The summed E-state index contributed by atoms with van der Waals surface area (Å²) < 4.78 is 10.0. The Morgan fingerprint density at radius 1 is 1.21 bits per heavy atom. The van der Waals surface area contributed by atoms with E-state index in [-0.39, 0.29) is 5.56 Å². The molecule has 6 heteroatoms. The number of carbonyl (C=O) groups is 2. The van der Waals surface area contributed by atoms with Crippen LogP contribution in [0.4, 0.5) is 0 Å². The Balaban J connectivity index is 2.74. The number of hydrogen-bond acceptors (Lipinski definition) is 6. The van der Waals surface area contributed by atoms with E-state index in [1.807, 2.05) is 0 Å². The van der Waals surface area contributed by atoms with E-state index in [9.17, 15) is 9.59 Å². The summed E-state index contributed by atoms with van der Waals surface area (Å²) >= 11 is 0. The van der Waals surface area contributed by atoms with Crippen molar-refractivity contribution in [1.82, 2.24) is 4.98 Å². The number of pyridine rings is 1. The Hall–Kier alpha value is -1.95. The topological polar surface area (TPSA) is 91.5 Å². The Labute approximate surface area is 111 Å². The summed E-state index contributed by atoms with van der Waals surface area (Å²) in [4.78, 5) is 27.4. The largest absolute Gasteiger partial charge is 0.456 e. The molecule has 2 N–H and O–H groups in total. The standard InChI is InChI=1S/C13H18N2O4/c1-12(2,3)19-11(17)13(4,14)18-10(16)9-6-5-7-15-8-9/h5-8H,14H2,1-4H3. The number of esters is 2. The van der Waals surface area contributed by atoms with Gasteiger partial charge >= 0.3 is 11.9 Å². The van der Waals surface area contributed by atoms with Gasteiger partial charge < -0.3 is 9.47 Å². The molecule has 0 saturated carbocycles. The number of rotatable bonds is 3. The number of nitrogens with zero attached hydrogens (tertiary/aromatic N) is 1. The molecule has 0 aliphatic carbocycles. The van der Waals surface area contributed by atoms with Gasteiger partial charge in [-0.05, 0) is 32.9 Å². The summed E-state index contributed by atoms with van der Waals surface area (Å²) in [5, 5.41) is 0. The zero-order chi connectivity index (χ0) is 14.7. The first-order valence-corrected chi connectivity index (χ1v) is 5.77. The van der Waals surface area contributed by atoms with Crippen molar-refractivity contribution in [2.45, 2.75) is 39.0 Å². The van der Waals surface area contributed by atoms with Gasteiger partial charge in [0.05, 0.1) is 5.56 Å². The van der Waals surface area contributed by atoms with Gasteiger partial charge in [-0.2, -0.15) is 0 Å². The first-order chi connectivity index (χ1) is 8.62. The molecule has 1 rings (SSSR count). The van der Waals surface area contributed by atoms with Crippen LogP contribution in [0.25, 0.3) is 0 Å². The summed E-state index contributed by atoms with van der Waals surface area (Å²) in [7, 11) is 0. The lowest BCUT2D eigenvalue weighted by molar-refractivity contribution is -0.175. The molecule has 0 spiro atoms. The van der Waals surface area contributed by atoms with Gasteiger partial charge in [-0.3, -0.25) is 10.7 Å². The van der Waals surface area contributed by atoms with Gasteiger partial charge in [-0.25, -0.2) is 9.59 Å². The molecule has 0 radical (unpaired) electrons. The average molecular weight is 266 g/mol. The molecule has 1 unspecified atom stereocenters. The lowest BCUT2D eigenvalue weighted by Crippen LogP contribution is -2.51. The summed E-state index contributed by atoms with van der Waals surface area (Å²) in [6.45, 7) is 6.37. The van der Waals surface area contributed by atoms with Gasteiger partial charge in [0.15, 0.2) is 0 Å². The molecule has 1 aromatic heterocycles. The first-order valence-electron chi connectivity index (χ1n) is 5.77. The van der Waals surface area contributed by atoms with Crippen LogP contribution in [-0.4, -0.2) is 28.2 Å². The highest BCUT2D eigenvalue weighted by Gasteiger charge is 2.37. The number of carbonyl (C=O) groups excluding carboxylic acids is 2. The number of ether oxygens (including phenoxy) is 2. The second-order valence-electron chi connectivity index (χ2n) is 5.24. The van der Waals surface area contributed by atoms with Crippen LogP contribution in [-0.2, 0) is 14.3 Å². The maximum atomic E-state index is 11.8. The lowest BCUT2D eigenvalue weighted by atomic mass is 10.2. The first kappa shape index (κ1) is 15.1. The Morgan fingerprint density at radius 3 is 2.32 bits per heavy atom. The van der Waals surface area contributed by atoms with Gasteiger partial charge in [0.25, 0.3) is 5.72 Å². The van der Waals surface area contributed by atoms with Gasteiger partial charge in [-0.15, -0.1) is 0 Å². The van der Waals surface area contributed by atoms with Gasteiger partial charge in [0, 0.05) is 19.3 Å². The molecule has 0 bridgehead atoms. The van der Waals surface area contributed by atoms with Crippen LogP contribution < -0.4 is 5.73 Å². The van der Waals surface area contributed by atoms with Crippen LogP contribution in [0.5, 0.6) is 0 Å². The highest BCUT2D eigenvalue weighted by molar-refractivity contribution is 5.92. The van der Waals surface area contributed by atoms with Crippen molar-refractivity contribution in [1.29, 1.82) is 0 Å². The predicted molar refractivity (Wildman–Crippen MR) is 68.1 cm³/mol. The van der Waals surface area contributed by atoms with E-state index in [4.69, 9.17) is 15.2 Å². The van der Waals surface area contributed by atoms with Crippen molar-refractivity contribution in [2.75, 3.05) is 0 Å². The molecule has 1 atom stereocenters. The molecule has 19 heavy (non-hydrogen) atoms. The number of aromatic nitrogens is 1. The van der Waals surface area contributed by atoms with E-state index in [2.05, 4.69) is 4.98 Å². The zero-order valence-corrected chi connectivity index (χ0v) is 11.5. The molecule has 1 heterocycles. The van der Waals surface area contributed by atoms with Crippen molar-refractivity contribution in [3.05, 3.63) is 30.1 Å². The van der Waals surface area contributed by atoms with Crippen molar-refractivity contribution >= 4 is 11.9 Å². The van der Waals surface area contributed by atoms with Crippen LogP contribution >= 0.6 is 0 Å². The predicted octanol–water partition coefficient (Wildman–Crippen LogP) is 1.25. The van der Waals surface area contributed by atoms with Gasteiger partial charge in [0.1, 0.15) is 5.60 Å². The Morgan fingerprint density at radius 2 is 1.84 bits per heavy atom. The van der Waals surface area contributed by atoms with Crippen LogP contribution in [0.15, 0.2) is 24.5 Å². The summed E-state index contributed by atoms with van der Waals surface area (Å²) in [6.07, 6.45) is 2.85. The van der Waals surface area contributed by atoms with Gasteiger partial charge in [-0.1, -0.05) is 0 Å². The van der Waals surface area contributed by atoms with Crippen molar-refractivity contribution in [2.24, 2.45) is 5.73 Å². The SMILES string of the molecule is CC(C)(C)OC(=O)C(C)(N)OC(=O)c1cccnc1. The molecule has 0 fully saturated rings. The van der Waals surface area contributed by atoms with Crippen molar-refractivity contribution < 1.29 is 19.1 Å². The molecule has 0 aromatic carbocycles. The Kier molecular flexibility index (Phi) is 4.26. The highest BCUT2D eigenvalue weighted by Crippen LogP contribution is 2.15. The fourth-order valence-electron chi connectivity index (χ4n) is 1.16. The van der Waals surface area contributed by atoms with E-state index < -0.39 is 23.3 Å². The third kappa shape index (κ3) is 4.67. The summed E-state index contributed by atoms with van der Waals surface area (Å²) in [5.74, 6) is -1.54. The fourth-order valence-corrected chi connectivity index (χ4v) is 1.16. The van der Waals surface area contributed by atoms with E-state index in [1.54, 1.807) is 26.8 Å². The maximum Gasteiger partial charge on any atom is 0.366 e. The number of nitrogens with two attached hydrogens (primary N) is 1. The Bertz CT molecular complexity index is 463. The normalized spacial score (nSPS) is 14.4. The molecule has 0 amide bonds. The second-order valence-corrected chi connectivity index (χ2v) is 5.24. The summed E-state index contributed by atoms with van der Waals surface area (Å²) in [6, 6.07) is 3.10. The van der Waals surface area contributed by atoms with E-state index in [1.165, 1.54) is 25.4 Å². The van der Waals surface area contributed by atoms with Crippen LogP contribution in [0.3, 0.4) is 0 Å². The third-order valence-corrected chi connectivity index (χ3v) is 2.01. The molecule has 0 aliphatic rings. The maximum absolute atomic E-state index is 11.8. The quantitative estimate of drug-likeness (QED) is 0.654. The molecular formula is C13H18N2O4. The van der Waals surface area contributed by atoms with Crippen LogP contribution in [0, 0.1) is 0 Å².